The second-order valence-corrected chi connectivity index (χ2v) is 12.4. The number of thioether (sulfide) groups is 2. The van der Waals surface area contributed by atoms with E-state index in [0.29, 0.717) is 18.0 Å². The molecular formula is C22H31N9O5S2. The van der Waals surface area contributed by atoms with Gasteiger partial charge in [-0.05, 0) is 23.8 Å². The van der Waals surface area contributed by atoms with Crippen LogP contribution in [0.4, 0.5) is 0 Å². The van der Waals surface area contributed by atoms with Crippen molar-refractivity contribution in [3.63, 3.8) is 0 Å². The predicted molar refractivity (Wildman–Crippen MR) is 138 cm³/mol. The second-order valence-electron chi connectivity index (χ2n) is 9.99. The van der Waals surface area contributed by atoms with Crippen LogP contribution in [0, 0.1) is 11.8 Å². The second kappa shape index (κ2) is 11.2. The van der Waals surface area contributed by atoms with E-state index in [1.54, 1.807) is 18.7 Å². The third-order valence-electron chi connectivity index (χ3n) is 7.45. The maximum absolute atomic E-state index is 13.1. The monoisotopic (exact) mass is 565 g/mol. The number of amides is 3. The number of carboxylic acid groups (broad SMARTS) is 1. The molecule has 4 aliphatic heterocycles. The third-order valence-corrected chi connectivity index (χ3v) is 9.90. The van der Waals surface area contributed by atoms with Gasteiger partial charge in [-0.3, -0.25) is 19.7 Å². The van der Waals surface area contributed by atoms with Crippen molar-refractivity contribution in [2.24, 2.45) is 11.8 Å². The number of tetrazole rings is 1. The Kier molecular flexibility index (Phi) is 7.93. The minimum absolute atomic E-state index is 0.00119. The van der Waals surface area contributed by atoms with E-state index in [4.69, 9.17) is 0 Å². The lowest BCUT2D eigenvalue weighted by Crippen LogP contribution is -2.66. The van der Waals surface area contributed by atoms with Gasteiger partial charge in [0.2, 0.25) is 17.7 Å². The Labute approximate surface area is 227 Å². The fraction of sp³-hybridized carbons (Fsp3) is 0.682. The van der Waals surface area contributed by atoms with Gasteiger partial charge >= 0.3 is 5.97 Å². The number of β-lactam (4-membered cyclic amide) rings is 1. The molecule has 0 radical (unpaired) electrons. The SMILES string of the molecule is C[C@@H](NC(=O)Cn1cnnn1)[C@H]1C(=O)N2C(C(=O)O)=C(S[C@@H]3CNC(CNC(=O)[C@H]4CSCN4)C3)[C@H](C)[C@H]12. The third kappa shape index (κ3) is 5.26. The van der Waals surface area contributed by atoms with Crippen LogP contribution in [0.3, 0.4) is 0 Å². The molecule has 38 heavy (non-hydrogen) atoms. The summed E-state index contributed by atoms with van der Waals surface area (Å²) in [6, 6.07) is -0.877. The molecule has 3 saturated heterocycles. The fourth-order valence-electron chi connectivity index (χ4n) is 5.60. The van der Waals surface area contributed by atoms with E-state index in [0.717, 1.165) is 18.1 Å². The average molecular weight is 566 g/mol. The molecule has 16 heteroatoms. The zero-order valence-electron chi connectivity index (χ0n) is 21.0. The first-order valence-corrected chi connectivity index (χ1v) is 14.6. The number of aliphatic carboxylic acids is 1. The van der Waals surface area contributed by atoms with Crippen molar-refractivity contribution in [3.05, 3.63) is 16.9 Å². The van der Waals surface area contributed by atoms with Gasteiger partial charge in [-0.25, -0.2) is 9.48 Å². The number of fused-ring (bicyclic) bond motifs is 1. The Balaban J connectivity index is 1.18. The molecule has 14 nitrogen and oxygen atoms in total. The number of carbonyl (C=O) groups excluding carboxylic acids is 3. The topological polar surface area (TPSA) is 183 Å². The van der Waals surface area contributed by atoms with Gasteiger partial charge in [0.25, 0.3) is 0 Å². The van der Waals surface area contributed by atoms with Crippen molar-refractivity contribution < 1.29 is 24.3 Å². The minimum Gasteiger partial charge on any atom is -0.477 e. The zero-order chi connectivity index (χ0) is 27.0. The molecule has 0 aromatic carbocycles. The summed E-state index contributed by atoms with van der Waals surface area (Å²) in [5.41, 5.74) is 0.0440. The van der Waals surface area contributed by atoms with Crippen molar-refractivity contribution in [2.45, 2.75) is 56.2 Å². The van der Waals surface area contributed by atoms with E-state index in [1.165, 1.54) is 27.7 Å². The van der Waals surface area contributed by atoms with Crippen LogP contribution in [0.2, 0.25) is 0 Å². The molecule has 1 aromatic heterocycles. The van der Waals surface area contributed by atoms with E-state index in [1.807, 2.05) is 6.92 Å². The summed E-state index contributed by atoms with van der Waals surface area (Å²) in [6.07, 6.45) is 2.10. The summed E-state index contributed by atoms with van der Waals surface area (Å²) < 4.78 is 1.28. The van der Waals surface area contributed by atoms with E-state index < -0.39 is 17.9 Å². The lowest BCUT2D eigenvalue weighted by molar-refractivity contribution is -0.158. The number of nitrogens with one attached hydrogen (secondary N) is 4. The highest BCUT2D eigenvalue weighted by molar-refractivity contribution is 8.03. The lowest BCUT2D eigenvalue weighted by atomic mass is 9.78. The molecule has 0 saturated carbocycles. The van der Waals surface area contributed by atoms with E-state index >= 15 is 0 Å². The van der Waals surface area contributed by atoms with Crippen LogP contribution in [-0.4, -0.2) is 108 Å². The molecule has 1 aromatic rings. The van der Waals surface area contributed by atoms with E-state index in [-0.39, 0.29) is 59.3 Å². The Morgan fingerprint density at radius 2 is 2.16 bits per heavy atom. The van der Waals surface area contributed by atoms with Crippen LogP contribution >= 0.6 is 23.5 Å². The van der Waals surface area contributed by atoms with Crippen LogP contribution in [0.5, 0.6) is 0 Å². The Bertz CT molecular complexity index is 1130. The molecule has 4 aliphatic rings. The van der Waals surface area contributed by atoms with E-state index in [9.17, 15) is 24.3 Å². The van der Waals surface area contributed by atoms with Crippen molar-refractivity contribution in [1.82, 2.24) is 46.4 Å². The van der Waals surface area contributed by atoms with Crippen molar-refractivity contribution >= 4 is 47.2 Å². The Morgan fingerprint density at radius 1 is 1.34 bits per heavy atom. The van der Waals surface area contributed by atoms with Crippen molar-refractivity contribution in [2.75, 3.05) is 24.7 Å². The molecule has 5 heterocycles. The Morgan fingerprint density at radius 3 is 2.84 bits per heavy atom. The first kappa shape index (κ1) is 26.9. The lowest BCUT2D eigenvalue weighted by Gasteiger charge is -2.47. The van der Waals surface area contributed by atoms with Gasteiger partial charge < -0.3 is 26.0 Å². The van der Waals surface area contributed by atoms with Crippen molar-refractivity contribution in [1.29, 1.82) is 0 Å². The van der Waals surface area contributed by atoms with E-state index in [2.05, 4.69) is 36.8 Å². The number of carbonyl (C=O) groups is 4. The van der Waals surface area contributed by atoms with Gasteiger partial charge in [0, 0.05) is 52.9 Å². The standard InChI is InChI=1S/C22H31N9O5S2/c1-10-17-16(11(2)27-15(32)6-30-8-26-28-29-30)21(34)31(17)18(22(35)36)19(10)38-13-3-12(23-5-13)4-24-20(33)14-7-37-9-25-14/h8,10-14,16-17,23,25H,3-7,9H2,1-2H3,(H,24,33)(H,27,32)(H,35,36)/t10-,11-,12?,13+,14-,16-,17-/m1/s1. The average Bonchev–Trinajstić information content (AvgIpc) is 3.67. The Hall–Kier alpha value is -2.69. The van der Waals surface area contributed by atoms with Crippen LogP contribution < -0.4 is 21.3 Å². The molecule has 5 rings (SSSR count). The molecule has 0 bridgehead atoms. The predicted octanol–water partition coefficient (Wildman–Crippen LogP) is -1.81. The van der Waals surface area contributed by atoms with Gasteiger partial charge in [-0.2, -0.15) is 0 Å². The van der Waals surface area contributed by atoms with Crippen LogP contribution in [0.25, 0.3) is 0 Å². The molecule has 0 aliphatic carbocycles. The van der Waals surface area contributed by atoms with Gasteiger partial charge in [-0.1, -0.05) is 6.92 Å². The highest BCUT2D eigenvalue weighted by Gasteiger charge is 2.60. The van der Waals surface area contributed by atoms with Gasteiger partial charge in [0.05, 0.1) is 18.0 Å². The summed E-state index contributed by atoms with van der Waals surface area (Å²) in [5, 5.41) is 33.2. The molecule has 7 atom stereocenters. The number of aromatic nitrogens is 4. The fourth-order valence-corrected chi connectivity index (χ4v) is 8.06. The summed E-state index contributed by atoms with van der Waals surface area (Å²) in [5.74, 6) is -0.910. The molecule has 5 N–H and O–H groups in total. The quantitative estimate of drug-likeness (QED) is 0.201. The summed E-state index contributed by atoms with van der Waals surface area (Å²) in [7, 11) is 0. The maximum Gasteiger partial charge on any atom is 0.353 e. The van der Waals surface area contributed by atoms with Crippen LogP contribution in [0.1, 0.15) is 20.3 Å². The molecular weight excluding hydrogens is 534 g/mol. The summed E-state index contributed by atoms with van der Waals surface area (Å²) >= 11 is 3.20. The highest BCUT2D eigenvalue weighted by Crippen LogP contribution is 2.51. The first-order valence-electron chi connectivity index (χ1n) is 12.5. The zero-order valence-corrected chi connectivity index (χ0v) is 22.6. The summed E-state index contributed by atoms with van der Waals surface area (Å²) in [6.45, 7) is 4.81. The first-order chi connectivity index (χ1) is 18.2. The number of nitrogens with zero attached hydrogens (tertiary/aromatic N) is 5. The van der Waals surface area contributed by atoms with Crippen LogP contribution in [0.15, 0.2) is 16.9 Å². The minimum atomic E-state index is -1.12. The molecule has 3 amide bonds. The van der Waals surface area contributed by atoms with Gasteiger partial charge in [0.15, 0.2) is 0 Å². The number of rotatable bonds is 10. The number of hydrogen-bond acceptors (Lipinski definition) is 11. The molecule has 3 fully saturated rings. The van der Waals surface area contributed by atoms with Crippen molar-refractivity contribution in [3.8, 4) is 0 Å². The van der Waals surface area contributed by atoms with Gasteiger partial charge in [0.1, 0.15) is 18.6 Å². The molecule has 206 valence electrons. The normalized spacial score (nSPS) is 31.2. The largest absolute Gasteiger partial charge is 0.477 e. The van der Waals surface area contributed by atoms with Crippen LogP contribution in [-0.2, 0) is 25.7 Å². The molecule has 1 unspecified atom stereocenters. The smallest absolute Gasteiger partial charge is 0.353 e. The van der Waals surface area contributed by atoms with Gasteiger partial charge in [-0.15, -0.1) is 28.6 Å². The molecule has 0 spiro atoms. The maximum atomic E-state index is 13.1. The summed E-state index contributed by atoms with van der Waals surface area (Å²) in [4.78, 5) is 52.1. The highest BCUT2D eigenvalue weighted by atomic mass is 32.2. The number of hydrogen-bond donors (Lipinski definition) is 5. The number of carboxylic acids is 1.